The first-order chi connectivity index (χ1) is 22.5. The van der Waals surface area contributed by atoms with E-state index in [9.17, 15) is 18.3 Å². The maximum Gasteiger partial charge on any atom is 0.319 e. The van der Waals surface area contributed by atoms with Crippen molar-refractivity contribution in [3.63, 3.8) is 0 Å². The predicted octanol–water partition coefficient (Wildman–Crippen LogP) is 6.40. The van der Waals surface area contributed by atoms with Crippen LogP contribution in [0.3, 0.4) is 0 Å². The molecule has 47 heavy (non-hydrogen) atoms. The number of alkyl halides is 2. The molecule has 1 spiro atoms. The van der Waals surface area contributed by atoms with Gasteiger partial charge in [-0.3, -0.25) is 0 Å². The number of nitrogens with one attached hydrogen (secondary N) is 1. The SMILES string of the molecule is Oc1cc(-c2ccc3c(N4CC5CCC(C4)N5)nc(OCC4(CN5CCC6(C5)CC6(F)F)CC4)nc3c2F)c2c(F)c(F)ccc2c1. The number of benzene rings is 3. The molecule has 3 aliphatic heterocycles. The number of ether oxygens (including phenoxy) is 1. The summed E-state index contributed by atoms with van der Waals surface area (Å²) in [6, 6.07) is 8.57. The van der Waals surface area contributed by atoms with E-state index in [1.165, 1.54) is 24.3 Å². The summed E-state index contributed by atoms with van der Waals surface area (Å²) < 4.78 is 80.4. The molecule has 3 unspecified atom stereocenters. The first kappa shape index (κ1) is 29.4. The van der Waals surface area contributed by atoms with Gasteiger partial charge in [0.2, 0.25) is 0 Å². The number of nitrogens with zero attached hydrogens (tertiary/aromatic N) is 4. The lowest BCUT2D eigenvalue weighted by Crippen LogP contribution is -2.51. The van der Waals surface area contributed by atoms with Crippen LogP contribution < -0.4 is 15.0 Å². The van der Waals surface area contributed by atoms with E-state index in [-0.39, 0.29) is 69.7 Å². The molecule has 7 nitrogen and oxygen atoms in total. The van der Waals surface area contributed by atoms with Crippen LogP contribution in [-0.4, -0.2) is 77.3 Å². The molecule has 2 N–H and O–H groups in total. The van der Waals surface area contributed by atoms with Crippen LogP contribution in [0.15, 0.2) is 36.4 Å². The molecule has 2 aliphatic carbocycles. The smallest absolute Gasteiger partial charge is 0.319 e. The second-order valence-corrected chi connectivity index (χ2v) is 14.6. The van der Waals surface area contributed by atoms with Crippen LogP contribution in [-0.2, 0) is 0 Å². The molecule has 246 valence electrons. The summed E-state index contributed by atoms with van der Waals surface area (Å²) in [5.41, 5.74) is -1.14. The van der Waals surface area contributed by atoms with Crippen LogP contribution in [0, 0.1) is 28.3 Å². The van der Waals surface area contributed by atoms with E-state index in [0.29, 0.717) is 50.3 Å². The van der Waals surface area contributed by atoms with E-state index >= 15 is 8.78 Å². The van der Waals surface area contributed by atoms with Gasteiger partial charge in [-0.25, -0.2) is 22.0 Å². The number of halogens is 5. The fourth-order valence-electron chi connectivity index (χ4n) is 8.34. The number of phenols is 1. The third kappa shape index (κ3) is 4.81. The number of fused-ring (bicyclic) bond motifs is 4. The highest BCUT2D eigenvalue weighted by atomic mass is 19.3. The average molecular weight is 652 g/mol. The Hall–Kier alpha value is -3.77. The molecule has 3 aromatic carbocycles. The summed E-state index contributed by atoms with van der Waals surface area (Å²) in [5.74, 6) is -5.23. The molecule has 2 saturated carbocycles. The third-order valence-electron chi connectivity index (χ3n) is 11.2. The lowest BCUT2D eigenvalue weighted by molar-refractivity contribution is 0.0644. The summed E-state index contributed by atoms with van der Waals surface area (Å²) in [5, 5.41) is 14.6. The fourth-order valence-corrected chi connectivity index (χ4v) is 8.34. The molecule has 4 aromatic rings. The second kappa shape index (κ2) is 10.1. The Kier molecular flexibility index (Phi) is 6.32. The molecular formula is C35H34F5N5O2. The van der Waals surface area contributed by atoms with Crippen molar-refractivity contribution < 1.29 is 31.8 Å². The van der Waals surface area contributed by atoms with Crippen molar-refractivity contribution in [1.82, 2.24) is 20.2 Å². The molecule has 4 heterocycles. The molecule has 9 rings (SSSR count). The lowest BCUT2D eigenvalue weighted by atomic mass is 9.95. The zero-order valence-corrected chi connectivity index (χ0v) is 25.6. The zero-order chi connectivity index (χ0) is 32.3. The van der Waals surface area contributed by atoms with Gasteiger partial charge < -0.3 is 25.0 Å². The lowest BCUT2D eigenvalue weighted by Gasteiger charge is -2.34. The zero-order valence-electron chi connectivity index (χ0n) is 25.6. The minimum absolute atomic E-state index is 0.000746. The van der Waals surface area contributed by atoms with Gasteiger partial charge in [-0.2, -0.15) is 9.97 Å². The predicted molar refractivity (Wildman–Crippen MR) is 166 cm³/mol. The number of hydrogen-bond acceptors (Lipinski definition) is 7. The number of likely N-dealkylation sites (tertiary alicyclic amines) is 1. The van der Waals surface area contributed by atoms with Crippen molar-refractivity contribution in [2.24, 2.45) is 10.8 Å². The number of hydrogen-bond donors (Lipinski definition) is 2. The van der Waals surface area contributed by atoms with E-state index in [4.69, 9.17) is 9.72 Å². The largest absolute Gasteiger partial charge is 0.508 e. The molecule has 0 radical (unpaired) electrons. The van der Waals surface area contributed by atoms with Gasteiger partial charge in [-0.15, -0.1) is 0 Å². The quantitative estimate of drug-likeness (QED) is 0.224. The topological polar surface area (TPSA) is 73.8 Å². The average Bonchev–Trinajstić information content (AvgIpc) is 3.80. The van der Waals surface area contributed by atoms with Gasteiger partial charge in [0.15, 0.2) is 17.5 Å². The summed E-state index contributed by atoms with van der Waals surface area (Å²) in [7, 11) is 0. The Morgan fingerprint density at radius 1 is 0.936 bits per heavy atom. The normalized spacial score (nSPS) is 27.3. The minimum atomic E-state index is -2.57. The van der Waals surface area contributed by atoms with Crippen molar-refractivity contribution in [2.75, 3.05) is 44.2 Å². The maximum atomic E-state index is 16.7. The van der Waals surface area contributed by atoms with Gasteiger partial charge >= 0.3 is 6.01 Å². The van der Waals surface area contributed by atoms with Gasteiger partial charge in [-0.05, 0) is 73.9 Å². The monoisotopic (exact) mass is 651 g/mol. The highest BCUT2D eigenvalue weighted by Crippen LogP contribution is 2.65. The highest BCUT2D eigenvalue weighted by Gasteiger charge is 2.72. The van der Waals surface area contributed by atoms with Crippen LogP contribution in [0.5, 0.6) is 11.8 Å². The fraction of sp³-hybridized carbons (Fsp3) is 0.486. The van der Waals surface area contributed by atoms with Crippen LogP contribution >= 0.6 is 0 Å². The van der Waals surface area contributed by atoms with Crippen molar-refractivity contribution >= 4 is 27.5 Å². The van der Waals surface area contributed by atoms with Gasteiger partial charge in [0, 0.05) is 66.4 Å². The number of rotatable bonds is 7. The molecule has 2 bridgehead atoms. The Bertz CT molecular complexity index is 1940. The first-order valence-electron chi connectivity index (χ1n) is 16.4. The van der Waals surface area contributed by atoms with Crippen molar-refractivity contribution in [3.8, 4) is 22.9 Å². The van der Waals surface area contributed by atoms with Gasteiger partial charge in [0.05, 0.1) is 12.0 Å². The summed E-state index contributed by atoms with van der Waals surface area (Å²) in [4.78, 5) is 13.6. The number of aromatic nitrogens is 2. The molecular weight excluding hydrogens is 617 g/mol. The van der Waals surface area contributed by atoms with E-state index in [0.717, 1.165) is 31.7 Å². The van der Waals surface area contributed by atoms with E-state index < -0.39 is 28.8 Å². The molecule has 3 atom stereocenters. The molecule has 1 aromatic heterocycles. The van der Waals surface area contributed by atoms with Crippen LogP contribution in [0.1, 0.15) is 38.5 Å². The van der Waals surface area contributed by atoms with Crippen LogP contribution in [0.4, 0.5) is 27.8 Å². The van der Waals surface area contributed by atoms with Crippen molar-refractivity contribution in [1.29, 1.82) is 0 Å². The van der Waals surface area contributed by atoms with E-state index in [1.54, 1.807) is 6.07 Å². The minimum Gasteiger partial charge on any atom is -0.508 e. The van der Waals surface area contributed by atoms with E-state index in [1.807, 2.05) is 0 Å². The summed E-state index contributed by atoms with van der Waals surface area (Å²) >= 11 is 0. The second-order valence-electron chi connectivity index (χ2n) is 14.6. The van der Waals surface area contributed by atoms with E-state index in [2.05, 4.69) is 20.1 Å². The Balaban J connectivity index is 1.08. The van der Waals surface area contributed by atoms with Crippen LogP contribution in [0.25, 0.3) is 32.8 Å². The van der Waals surface area contributed by atoms with Crippen molar-refractivity contribution in [2.45, 2.75) is 56.5 Å². The molecule has 3 saturated heterocycles. The highest BCUT2D eigenvalue weighted by molar-refractivity contribution is 6.01. The van der Waals surface area contributed by atoms with Gasteiger partial charge in [0.1, 0.15) is 17.1 Å². The third-order valence-corrected chi connectivity index (χ3v) is 11.2. The maximum absolute atomic E-state index is 16.7. The molecule has 12 heteroatoms. The van der Waals surface area contributed by atoms with Crippen molar-refractivity contribution in [3.05, 3.63) is 53.8 Å². The molecule has 5 aliphatic rings. The number of phenolic OH excluding ortho intramolecular Hbond substituents is 1. The summed E-state index contributed by atoms with van der Waals surface area (Å²) in [6.07, 6.45) is 4.32. The molecule has 5 fully saturated rings. The Morgan fingerprint density at radius 3 is 2.40 bits per heavy atom. The molecule has 0 amide bonds. The Morgan fingerprint density at radius 2 is 1.70 bits per heavy atom. The van der Waals surface area contributed by atoms with Gasteiger partial charge in [-0.1, -0.05) is 12.1 Å². The first-order valence-corrected chi connectivity index (χ1v) is 16.4. The Labute approximate surface area is 267 Å². The number of piperazine rings is 1. The number of anilines is 1. The number of aromatic hydroxyl groups is 1. The van der Waals surface area contributed by atoms with Gasteiger partial charge in [0.25, 0.3) is 5.92 Å². The standard InChI is InChI=1S/C35H34F5N5O2/c36-26-6-1-19-11-22(46)12-25(27(19)29(26)38)23-4-5-24-30(28(23)37)42-32(43-31(24)45-13-20-2-3-21(14-45)41-20)47-18-33(7-8-33)16-44-10-9-34(17-44)15-35(34,39)40/h1,4-6,11-12,20-21,41,46H,2-3,7-10,13-18H2. The summed E-state index contributed by atoms with van der Waals surface area (Å²) in [6.45, 7) is 3.31. The van der Waals surface area contributed by atoms with Crippen LogP contribution in [0.2, 0.25) is 0 Å².